The quantitative estimate of drug-likeness (QED) is 0.694. The molecule has 0 unspecified atom stereocenters. The highest BCUT2D eigenvalue weighted by Gasteiger charge is 2.25. The Morgan fingerprint density at radius 3 is 2.45 bits per heavy atom. The summed E-state index contributed by atoms with van der Waals surface area (Å²) in [5, 5.41) is 8.02. The van der Waals surface area contributed by atoms with Gasteiger partial charge in [0.1, 0.15) is 5.69 Å². The van der Waals surface area contributed by atoms with E-state index in [1.54, 1.807) is 12.3 Å². The van der Waals surface area contributed by atoms with Gasteiger partial charge in [-0.15, -0.1) is 10.6 Å². The van der Waals surface area contributed by atoms with E-state index in [4.69, 9.17) is 0 Å². The zero-order valence-corrected chi connectivity index (χ0v) is 11.5. The molecule has 0 spiro atoms. The molecule has 1 heterocycles. The fourth-order valence-corrected chi connectivity index (χ4v) is 2.20. The van der Waals surface area contributed by atoms with Crippen molar-refractivity contribution in [2.45, 2.75) is 6.54 Å². The van der Waals surface area contributed by atoms with Crippen molar-refractivity contribution in [2.24, 2.45) is 0 Å². The summed E-state index contributed by atoms with van der Waals surface area (Å²) >= 11 is 0. The van der Waals surface area contributed by atoms with Gasteiger partial charge >= 0.3 is 6.98 Å². The number of nitrogens with zero attached hydrogens (tertiary/aromatic N) is 3. The highest BCUT2D eigenvalue weighted by atomic mass is 19.4. The van der Waals surface area contributed by atoms with Crippen molar-refractivity contribution in [3.05, 3.63) is 66.4 Å². The molecule has 3 aromatic rings. The monoisotopic (exact) mass is 302 g/mol. The van der Waals surface area contributed by atoms with Gasteiger partial charge in [0.05, 0.1) is 12.7 Å². The number of aromatic nitrogens is 3. The number of hydrogen-bond acceptors (Lipinski definition) is 2. The van der Waals surface area contributed by atoms with Gasteiger partial charge in [-0.25, -0.2) is 4.68 Å². The van der Waals surface area contributed by atoms with Crippen LogP contribution in [0, 0.1) is 0 Å². The molecule has 0 N–H and O–H groups in total. The molecular formula is C15H12BF3N3-. The topological polar surface area (TPSA) is 30.7 Å². The number of rotatable bonds is 4. The summed E-state index contributed by atoms with van der Waals surface area (Å²) in [6, 6.07) is 14.8. The van der Waals surface area contributed by atoms with Crippen LogP contribution in [0.15, 0.2) is 60.8 Å². The molecule has 3 rings (SSSR count). The average Bonchev–Trinajstić information content (AvgIpc) is 2.96. The van der Waals surface area contributed by atoms with Crippen LogP contribution in [-0.4, -0.2) is 22.0 Å². The first-order chi connectivity index (χ1) is 10.5. The summed E-state index contributed by atoms with van der Waals surface area (Å²) in [5.74, 6) is 0. The van der Waals surface area contributed by atoms with Crippen LogP contribution in [0.25, 0.3) is 11.3 Å². The standard InChI is InChI=1S/C15H12BF3N3/c17-16(18,19)14-8-4-5-12(9-14)10-22-11-15(20-21-22)13-6-2-1-3-7-13/h1-9,11H,10H2/q-1. The first kappa shape index (κ1) is 14.4. The van der Waals surface area contributed by atoms with Crippen molar-refractivity contribution in [3.8, 4) is 11.3 Å². The van der Waals surface area contributed by atoms with E-state index in [2.05, 4.69) is 10.3 Å². The van der Waals surface area contributed by atoms with Crippen LogP contribution < -0.4 is 5.46 Å². The van der Waals surface area contributed by atoms with Crippen LogP contribution in [0.3, 0.4) is 0 Å². The van der Waals surface area contributed by atoms with Gasteiger partial charge in [-0.2, -0.15) is 0 Å². The van der Waals surface area contributed by atoms with Gasteiger partial charge in [-0.3, -0.25) is 0 Å². The SMILES string of the molecule is F[B-](F)(F)c1cccc(Cn2cc(-c3ccccc3)nn2)c1. The first-order valence-electron chi connectivity index (χ1n) is 6.77. The second-order valence-electron chi connectivity index (χ2n) is 4.99. The van der Waals surface area contributed by atoms with Crippen molar-refractivity contribution < 1.29 is 12.9 Å². The second kappa shape index (κ2) is 5.67. The molecule has 0 saturated carbocycles. The normalized spacial score (nSPS) is 11.6. The average molecular weight is 302 g/mol. The van der Waals surface area contributed by atoms with Crippen LogP contribution in [0.1, 0.15) is 5.56 Å². The van der Waals surface area contributed by atoms with E-state index in [-0.39, 0.29) is 6.54 Å². The lowest BCUT2D eigenvalue weighted by Crippen LogP contribution is -2.34. The van der Waals surface area contributed by atoms with Crippen LogP contribution >= 0.6 is 0 Å². The summed E-state index contributed by atoms with van der Waals surface area (Å²) in [7, 11) is 0. The minimum Gasteiger partial charge on any atom is -0.445 e. The number of benzene rings is 2. The first-order valence-corrected chi connectivity index (χ1v) is 6.77. The summed E-state index contributed by atoms with van der Waals surface area (Å²) in [6.07, 6.45) is 1.72. The highest BCUT2D eigenvalue weighted by molar-refractivity contribution is 6.73. The third kappa shape index (κ3) is 3.19. The maximum Gasteiger partial charge on any atom is 0.509 e. The van der Waals surface area contributed by atoms with E-state index in [0.717, 1.165) is 17.7 Å². The zero-order chi connectivity index (χ0) is 15.6. The third-order valence-electron chi connectivity index (χ3n) is 3.28. The van der Waals surface area contributed by atoms with Crippen molar-refractivity contribution >= 4 is 12.4 Å². The molecule has 0 atom stereocenters. The Hall–Kier alpha value is -2.57. The van der Waals surface area contributed by atoms with Gasteiger partial charge in [0.15, 0.2) is 0 Å². The lowest BCUT2D eigenvalue weighted by Gasteiger charge is -2.15. The van der Waals surface area contributed by atoms with Gasteiger partial charge < -0.3 is 12.9 Å². The fraction of sp³-hybridized carbons (Fsp3) is 0.0667. The summed E-state index contributed by atoms with van der Waals surface area (Å²) in [5.41, 5.74) is 1.56. The van der Waals surface area contributed by atoms with Crippen LogP contribution in [-0.2, 0) is 6.54 Å². The molecule has 22 heavy (non-hydrogen) atoms. The molecular weight excluding hydrogens is 290 g/mol. The predicted octanol–water partition coefficient (Wildman–Crippen LogP) is 3.05. The van der Waals surface area contributed by atoms with Gasteiger partial charge in [-0.1, -0.05) is 59.8 Å². The molecule has 0 bridgehead atoms. The molecule has 0 saturated heterocycles. The molecule has 2 aromatic carbocycles. The van der Waals surface area contributed by atoms with E-state index >= 15 is 0 Å². The Morgan fingerprint density at radius 2 is 1.73 bits per heavy atom. The molecule has 112 valence electrons. The van der Waals surface area contributed by atoms with E-state index in [1.165, 1.54) is 10.7 Å². The molecule has 0 fully saturated rings. The van der Waals surface area contributed by atoms with Gasteiger partial charge in [0, 0.05) is 5.56 Å². The van der Waals surface area contributed by atoms with Crippen molar-refractivity contribution in [3.63, 3.8) is 0 Å². The molecule has 0 aliphatic rings. The Morgan fingerprint density at radius 1 is 0.955 bits per heavy atom. The molecule has 1 aromatic heterocycles. The Bertz CT molecular complexity index is 769. The van der Waals surface area contributed by atoms with E-state index in [9.17, 15) is 12.9 Å². The maximum absolute atomic E-state index is 12.8. The number of hydrogen-bond donors (Lipinski definition) is 0. The second-order valence-corrected chi connectivity index (χ2v) is 4.99. The molecule has 0 aliphatic carbocycles. The Balaban J connectivity index is 1.81. The van der Waals surface area contributed by atoms with Gasteiger partial charge in [-0.05, 0) is 5.56 Å². The largest absolute Gasteiger partial charge is 0.509 e. The van der Waals surface area contributed by atoms with Crippen molar-refractivity contribution in [1.29, 1.82) is 0 Å². The summed E-state index contributed by atoms with van der Waals surface area (Å²) < 4.78 is 39.8. The zero-order valence-electron chi connectivity index (χ0n) is 11.5. The maximum atomic E-state index is 12.8. The molecule has 3 nitrogen and oxygen atoms in total. The Kier molecular flexibility index (Phi) is 3.71. The van der Waals surface area contributed by atoms with Crippen LogP contribution in [0.4, 0.5) is 12.9 Å². The lowest BCUT2D eigenvalue weighted by atomic mass is 9.79. The van der Waals surface area contributed by atoms with Crippen molar-refractivity contribution in [2.75, 3.05) is 0 Å². The minimum atomic E-state index is -4.99. The highest BCUT2D eigenvalue weighted by Crippen LogP contribution is 2.16. The molecule has 7 heteroatoms. The Labute approximate surface area is 125 Å². The van der Waals surface area contributed by atoms with Gasteiger partial charge in [0.2, 0.25) is 0 Å². The van der Waals surface area contributed by atoms with Gasteiger partial charge in [0.25, 0.3) is 0 Å². The van der Waals surface area contributed by atoms with E-state index in [1.807, 2.05) is 30.3 Å². The lowest BCUT2D eigenvalue weighted by molar-refractivity contribution is 0.501. The predicted molar refractivity (Wildman–Crippen MR) is 79.7 cm³/mol. The number of halogens is 3. The third-order valence-corrected chi connectivity index (χ3v) is 3.28. The summed E-state index contributed by atoms with van der Waals surface area (Å²) in [4.78, 5) is 0. The minimum absolute atomic E-state index is 0.250. The van der Waals surface area contributed by atoms with E-state index in [0.29, 0.717) is 11.3 Å². The van der Waals surface area contributed by atoms with Crippen LogP contribution in [0.2, 0.25) is 0 Å². The van der Waals surface area contributed by atoms with Crippen LogP contribution in [0.5, 0.6) is 0 Å². The molecule has 0 amide bonds. The van der Waals surface area contributed by atoms with Crippen molar-refractivity contribution in [1.82, 2.24) is 15.0 Å². The fourth-order valence-electron chi connectivity index (χ4n) is 2.20. The smallest absolute Gasteiger partial charge is 0.445 e. The molecule has 0 aliphatic heterocycles. The summed E-state index contributed by atoms with van der Waals surface area (Å²) in [6.45, 7) is -4.74. The molecule has 0 radical (unpaired) electrons. The van der Waals surface area contributed by atoms with E-state index < -0.39 is 12.4 Å².